The van der Waals surface area contributed by atoms with E-state index >= 15 is 0 Å². The van der Waals surface area contributed by atoms with Gasteiger partial charge in [0.2, 0.25) is 0 Å². The fourth-order valence-corrected chi connectivity index (χ4v) is 1.83. The minimum Gasteiger partial charge on any atom is -0.244 e. The van der Waals surface area contributed by atoms with Crippen LogP contribution in [0, 0.1) is 0 Å². The molecule has 0 aliphatic carbocycles. The summed E-state index contributed by atoms with van der Waals surface area (Å²) >= 11 is 5.77. The van der Waals surface area contributed by atoms with Gasteiger partial charge in [-0.05, 0) is 35.3 Å². The van der Waals surface area contributed by atoms with Gasteiger partial charge in [0, 0.05) is 6.20 Å². The molecule has 2 aromatic rings. The van der Waals surface area contributed by atoms with Gasteiger partial charge in [-0.2, -0.15) is 0 Å². The fourth-order valence-electron chi connectivity index (χ4n) is 1.72. The molecule has 86 valence electrons. The van der Waals surface area contributed by atoms with Crippen molar-refractivity contribution < 1.29 is 0 Å². The number of nitrogens with zero attached hydrogens (tertiary/aromatic N) is 1. The van der Waals surface area contributed by atoms with E-state index in [-0.39, 0.29) is 0 Å². The molecule has 1 heterocycles. The summed E-state index contributed by atoms with van der Waals surface area (Å²) in [4.78, 5) is 4.08. The number of halogens is 1. The molecule has 0 aliphatic rings. The standard InChI is InChI=1S/C15H14ClN/c1-2-13(14-6-4-3-5-7-14)10-12-8-9-15(16)17-11-12/h3-11H,2H2,1H3. The van der Waals surface area contributed by atoms with Gasteiger partial charge in [0.1, 0.15) is 5.15 Å². The number of aromatic nitrogens is 1. The summed E-state index contributed by atoms with van der Waals surface area (Å²) in [7, 11) is 0. The summed E-state index contributed by atoms with van der Waals surface area (Å²) in [6.07, 6.45) is 4.94. The van der Waals surface area contributed by atoms with Crippen molar-refractivity contribution in [2.45, 2.75) is 13.3 Å². The van der Waals surface area contributed by atoms with Crippen molar-refractivity contribution >= 4 is 23.3 Å². The van der Waals surface area contributed by atoms with Crippen molar-refractivity contribution in [3.63, 3.8) is 0 Å². The molecule has 1 aromatic heterocycles. The van der Waals surface area contributed by atoms with Crippen molar-refractivity contribution in [1.29, 1.82) is 0 Å². The second-order valence-corrected chi connectivity index (χ2v) is 4.19. The second-order valence-electron chi connectivity index (χ2n) is 3.80. The molecule has 1 nitrogen and oxygen atoms in total. The van der Waals surface area contributed by atoms with Crippen molar-refractivity contribution in [3.05, 3.63) is 64.9 Å². The summed E-state index contributed by atoms with van der Waals surface area (Å²) < 4.78 is 0. The summed E-state index contributed by atoms with van der Waals surface area (Å²) in [5.74, 6) is 0. The fraction of sp³-hybridized carbons (Fsp3) is 0.133. The first-order chi connectivity index (χ1) is 8.29. The van der Waals surface area contributed by atoms with E-state index in [1.807, 2.05) is 18.2 Å². The van der Waals surface area contributed by atoms with Crippen LogP contribution >= 0.6 is 11.6 Å². The molecule has 0 atom stereocenters. The quantitative estimate of drug-likeness (QED) is 0.713. The van der Waals surface area contributed by atoms with Crippen LogP contribution in [0.5, 0.6) is 0 Å². The van der Waals surface area contributed by atoms with Crippen molar-refractivity contribution in [3.8, 4) is 0 Å². The van der Waals surface area contributed by atoms with Crippen LogP contribution in [0.25, 0.3) is 11.6 Å². The lowest BCUT2D eigenvalue weighted by molar-refractivity contribution is 1.24. The Morgan fingerprint density at radius 1 is 1.18 bits per heavy atom. The third-order valence-electron chi connectivity index (χ3n) is 2.62. The zero-order valence-electron chi connectivity index (χ0n) is 9.73. The van der Waals surface area contributed by atoms with E-state index in [2.05, 4.69) is 42.2 Å². The van der Waals surface area contributed by atoms with Crippen molar-refractivity contribution in [2.75, 3.05) is 0 Å². The predicted molar refractivity (Wildman–Crippen MR) is 73.9 cm³/mol. The summed E-state index contributed by atoms with van der Waals surface area (Å²) in [6.45, 7) is 2.15. The van der Waals surface area contributed by atoms with E-state index in [1.54, 1.807) is 6.20 Å². The van der Waals surface area contributed by atoms with Gasteiger partial charge in [-0.3, -0.25) is 0 Å². The van der Waals surface area contributed by atoms with E-state index in [0.717, 1.165) is 12.0 Å². The molecular formula is C15H14ClN. The zero-order chi connectivity index (χ0) is 12.1. The summed E-state index contributed by atoms with van der Waals surface area (Å²) in [5.41, 5.74) is 3.63. The average molecular weight is 244 g/mol. The smallest absolute Gasteiger partial charge is 0.129 e. The van der Waals surface area contributed by atoms with Gasteiger partial charge in [-0.15, -0.1) is 0 Å². The number of allylic oxidation sites excluding steroid dienone is 1. The highest BCUT2D eigenvalue weighted by Gasteiger charge is 1.99. The third-order valence-corrected chi connectivity index (χ3v) is 2.84. The van der Waals surface area contributed by atoms with Gasteiger partial charge >= 0.3 is 0 Å². The average Bonchev–Trinajstić information content (AvgIpc) is 2.39. The third kappa shape index (κ3) is 3.18. The molecule has 17 heavy (non-hydrogen) atoms. The lowest BCUT2D eigenvalue weighted by Crippen LogP contribution is -1.83. The number of hydrogen-bond donors (Lipinski definition) is 0. The van der Waals surface area contributed by atoms with Gasteiger partial charge < -0.3 is 0 Å². The van der Waals surface area contributed by atoms with Gasteiger partial charge in [0.05, 0.1) is 0 Å². The molecule has 0 saturated carbocycles. The first-order valence-corrected chi connectivity index (χ1v) is 6.05. The Bertz CT molecular complexity index is 500. The van der Waals surface area contributed by atoms with Crippen LogP contribution in [-0.4, -0.2) is 4.98 Å². The molecule has 1 aromatic carbocycles. The maximum atomic E-state index is 5.77. The Morgan fingerprint density at radius 3 is 2.53 bits per heavy atom. The molecule has 0 unspecified atom stereocenters. The predicted octanol–water partition coefficient (Wildman–Crippen LogP) is 4.69. The molecule has 0 amide bonds. The Balaban J connectivity index is 2.33. The zero-order valence-corrected chi connectivity index (χ0v) is 10.5. The Morgan fingerprint density at radius 2 is 1.94 bits per heavy atom. The van der Waals surface area contributed by atoms with Crippen LogP contribution in [-0.2, 0) is 0 Å². The molecule has 0 radical (unpaired) electrons. The van der Waals surface area contributed by atoms with Crippen LogP contribution in [0.3, 0.4) is 0 Å². The molecule has 2 rings (SSSR count). The highest BCUT2D eigenvalue weighted by Crippen LogP contribution is 2.21. The minimum atomic E-state index is 0.528. The van der Waals surface area contributed by atoms with Gasteiger partial charge in [0.15, 0.2) is 0 Å². The maximum absolute atomic E-state index is 5.77. The second kappa shape index (κ2) is 5.65. The highest BCUT2D eigenvalue weighted by molar-refractivity contribution is 6.29. The topological polar surface area (TPSA) is 12.9 Å². The molecule has 2 heteroatoms. The Kier molecular flexibility index (Phi) is 3.94. The number of benzene rings is 1. The monoisotopic (exact) mass is 243 g/mol. The van der Waals surface area contributed by atoms with Crippen molar-refractivity contribution in [2.24, 2.45) is 0 Å². The van der Waals surface area contributed by atoms with Gasteiger partial charge in [0.25, 0.3) is 0 Å². The SMILES string of the molecule is CCC(=Cc1ccc(Cl)nc1)c1ccccc1. The number of rotatable bonds is 3. The number of hydrogen-bond acceptors (Lipinski definition) is 1. The first kappa shape index (κ1) is 11.9. The Hall–Kier alpha value is -1.60. The van der Waals surface area contributed by atoms with Crippen LogP contribution in [0.15, 0.2) is 48.7 Å². The molecule has 0 fully saturated rings. The van der Waals surface area contributed by atoms with Crippen LogP contribution in [0.4, 0.5) is 0 Å². The largest absolute Gasteiger partial charge is 0.244 e. The van der Waals surface area contributed by atoms with Gasteiger partial charge in [-0.25, -0.2) is 4.98 Å². The Labute approximate surface area is 107 Å². The van der Waals surface area contributed by atoms with Gasteiger partial charge in [-0.1, -0.05) is 54.9 Å². The summed E-state index contributed by atoms with van der Waals surface area (Å²) in [5, 5.41) is 0.528. The molecule has 0 spiro atoms. The normalized spacial score (nSPS) is 11.5. The molecule has 0 aliphatic heterocycles. The van der Waals surface area contributed by atoms with E-state index in [0.29, 0.717) is 5.15 Å². The molecular weight excluding hydrogens is 230 g/mol. The lowest BCUT2D eigenvalue weighted by atomic mass is 10.0. The first-order valence-electron chi connectivity index (χ1n) is 5.67. The van der Waals surface area contributed by atoms with E-state index in [1.165, 1.54) is 11.1 Å². The van der Waals surface area contributed by atoms with Crippen LogP contribution in [0.2, 0.25) is 5.15 Å². The number of pyridine rings is 1. The van der Waals surface area contributed by atoms with Crippen LogP contribution in [0.1, 0.15) is 24.5 Å². The summed E-state index contributed by atoms with van der Waals surface area (Å²) in [6, 6.07) is 14.2. The van der Waals surface area contributed by atoms with E-state index in [4.69, 9.17) is 11.6 Å². The highest BCUT2D eigenvalue weighted by atomic mass is 35.5. The molecule has 0 N–H and O–H groups in total. The minimum absolute atomic E-state index is 0.528. The van der Waals surface area contributed by atoms with Crippen molar-refractivity contribution in [1.82, 2.24) is 4.98 Å². The maximum Gasteiger partial charge on any atom is 0.129 e. The van der Waals surface area contributed by atoms with Crippen LogP contribution < -0.4 is 0 Å². The lowest BCUT2D eigenvalue weighted by Gasteiger charge is -2.04. The van der Waals surface area contributed by atoms with E-state index in [9.17, 15) is 0 Å². The van der Waals surface area contributed by atoms with E-state index < -0.39 is 0 Å². The molecule has 0 saturated heterocycles. The molecule has 0 bridgehead atoms.